The van der Waals surface area contributed by atoms with Crippen molar-refractivity contribution >= 4 is 17.2 Å². The average Bonchev–Trinajstić information content (AvgIpc) is 2.67. The molecule has 0 radical (unpaired) electrons. The summed E-state index contributed by atoms with van der Waals surface area (Å²) in [5.41, 5.74) is 2.37. The summed E-state index contributed by atoms with van der Waals surface area (Å²) >= 11 is 6.09. The topological polar surface area (TPSA) is 46.3 Å². The first-order chi connectivity index (χ1) is 7.20. The zero-order chi connectivity index (χ0) is 10.8. The van der Waals surface area contributed by atoms with Crippen LogP contribution in [-0.2, 0) is 0 Å². The quantitative estimate of drug-likeness (QED) is 0.842. The molecule has 0 amide bonds. The van der Waals surface area contributed by atoms with E-state index in [4.69, 9.17) is 16.1 Å². The molecule has 4 heteroatoms. The third-order valence-electron chi connectivity index (χ3n) is 2.43. The van der Waals surface area contributed by atoms with Gasteiger partial charge in [0.15, 0.2) is 0 Å². The molecule has 0 spiro atoms. The van der Waals surface area contributed by atoms with Crippen molar-refractivity contribution < 1.29 is 9.63 Å². The van der Waals surface area contributed by atoms with Crippen LogP contribution < -0.4 is 0 Å². The Morgan fingerprint density at radius 3 is 3.07 bits per heavy atom. The Morgan fingerprint density at radius 2 is 2.40 bits per heavy atom. The van der Waals surface area contributed by atoms with Gasteiger partial charge in [-0.05, 0) is 31.4 Å². The Bertz CT molecular complexity index is 418. The number of halogens is 1. The van der Waals surface area contributed by atoms with E-state index >= 15 is 0 Å². The lowest BCUT2D eigenvalue weighted by Crippen LogP contribution is -1.98. The normalized spacial score (nSPS) is 18.3. The minimum absolute atomic E-state index is 0.554. The molecule has 1 heterocycles. The summed E-state index contributed by atoms with van der Waals surface area (Å²) in [4.78, 5) is 0. The zero-order valence-electron chi connectivity index (χ0n) is 8.40. The summed E-state index contributed by atoms with van der Waals surface area (Å²) < 4.78 is 4.88. The van der Waals surface area contributed by atoms with E-state index in [2.05, 4.69) is 5.16 Å². The van der Waals surface area contributed by atoms with Crippen molar-refractivity contribution in [1.29, 1.82) is 0 Å². The summed E-state index contributed by atoms with van der Waals surface area (Å²) in [5.74, 6) is 0. The van der Waals surface area contributed by atoms with Gasteiger partial charge in [-0.15, -0.1) is 0 Å². The summed E-state index contributed by atoms with van der Waals surface area (Å²) in [6, 6.07) is 0. The van der Waals surface area contributed by atoms with Crippen LogP contribution in [0.1, 0.15) is 37.1 Å². The Kier molecular flexibility index (Phi) is 2.93. The van der Waals surface area contributed by atoms with Crippen molar-refractivity contribution in [3.63, 3.8) is 0 Å². The van der Waals surface area contributed by atoms with Gasteiger partial charge < -0.3 is 9.63 Å². The molecule has 0 aromatic carbocycles. The van der Waals surface area contributed by atoms with Gasteiger partial charge in [-0.1, -0.05) is 22.8 Å². The summed E-state index contributed by atoms with van der Waals surface area (Å²) in [7, 11) is 0. The van der Waals surface area contributed by atoms with E-state index < -0.39 is 6.10 Å². The smallest absolute Gasteiger partial charge is 0.131 e. The molecule has 0 aliphatic heterocycles. The first-order valence-electron chi connectivity index (χ1n) is 4.88. The van der Waals surface area contributed by atoms with E-state index in [9.17, 15) is 5.11 Å². The Hall–Kier alpha value is -1.06. The third kappa shape index (κ3) is 1.98. The van der Waals surface area contributed by atoms with E-state index in [-0.39, 0.29) is 0 Å². The second kappa shape index (κ2) is 4.21. The molecule has 1 aliphatic carbocycles. The highest BCUT2D eigenvalue weighted by molar-refractivity contribution is 6.34. The van der Waals surface area contributed by atoms with Gasteiger partial charge in [0, 0.05) is 10.6 Å². The van der Waals surface area contributed by atoms with Crippen molar-refractivity contribution in [2.24, 2.45) is 0 Å². The van der Waals surface area contributed by atoms with Gasteiger partial charge >= 0.3 is 0 Å². The Labute approximate surface area is 93.0 Å². The van der Waals surface area contributed by atoms with Gasteiger partial charge in [-0.2, -0.15) is 0 Å². The summed E-state index contributed by atoms with van der Waals surface area (Å²) in [6.45, 7) is 1.66. The number of hydrogen-bond acceptors (Lipinski definition) is 3. The number of aliphatic hydroxyl groups excluding tert-OH is 1. The molecule has 15 heavy (non-hydrogen) atoms. The molecular weight excluding hydrogens is 214 g/mol. The van der Waals surface area contributed by atoms with Crippen molar-refractivity contribution in [3.05, 3.63) is 34.7 Å². The highest BCUT2D eigenvalue weighted by Gasteiger charge is 2.19. The Morgan fingerprint density at radius 1 is 1.60 bits per heavy atom. The van der Waals surface area contributed by atoms with Gasteiger partial charge in [0.25, 0.3) is 0 Å². The first kappa shape index (κ1) is 10.5. The van der Waals surface area contributed by atoms with Crippen molar-refractivity contribution in [2.45, 2.75) is 25.9 Å². The first-order valence-corrected chi connectivity index (χ1v) is 5.26. The van der Waals surface area contributed by atoms with E-state index in [1.165, 1.54) is 0 Å². The predicted octanol–water partition coefficient (Wildman–Crippen LogP) is 3.03. The van der Waals surface area contributed by atoms with Crippen LogP contribution in [0, 0.1) is 0 Å². The monoisotopic (exact) mass is 225 g/mol. The SMILES string of the molecule is CC(O)c1nocc1C1=C(Cl)C=CCC1. The van der Waals surface area contributed by atoms with Crippen LogP contribution >= 0.6 is 11.6 Å². The standard InChI is InChI=1S/C11H12ClNO2/c1-7(14)11-9(6-15-13-11)8-4-2-3-5-10(8)12/h3,5-7,14H,2,4H2,1H3. The van der Waals surface area contributed by atoms with Crippen LogP contribution in [0.2, 0.25) is 0 Å². The lowest BCUT2D eigenvalue weighted by Gasteiger charge is -2.11. The fourth-order valence-electron chi connectivity index (χ4n) is 1.67. The molecule has 1 unspecified atom stereocenters. The third-order valence-corrected chi connectivity index (χ3v) is 2.79. The predicted molar refractivity (Wildman–Crippen MR) is 58.3 cm³/mol. The van der Waals surface area contributed by atoms with Crippen LogP contribution in [0.3, 0.4) is 0 Å². The number of rotatable bonds is 2. The zero-order valence-corrected chi connectivity index (χ0v) is 9.16. The molecule has 1 N–H and O–H groups in total. The van der Waals surface area contributed by atoms with Gasteiger partial charge in [0.1, 0.15) is 12.0 Å². The molecule has 0 bridgehead atoms. The van der Waals surface area contributed by atoms with Crippen LogP contribution in [-0.4, -0.2) is 10.3 Å². The van der Waals surface area contributed by atoms with Gasteiger partial charge in [0.2, 0.25) is 0 Å². The summed E-state index contributed by atoms with van der Waals surface area (Å²) in [5, 5.41) is 14.0. The average molecular weight is 226 g/mol. The van der Waals surface area contributed by atoms with Crippen molar-refractivity contribution in [3.8, 4) is 0 Å². The number of nitrogens with zero attached hydrogens (tertiary/aromatic N) is 1. The highest BCUT2D eigenvalue weighted by Crippen LogP contribution is 2.33. The molecule has 3 nitrogen and oxygen atoms in total. The largest absolute Gasteiger partial charge is 0.387 e. The van der Waals surface area contributed by atoms with Crippen molar-refractivity contribution in [1.82, 2.24) is 5.16 Å². The van der Waals surface area contributed by atoms with Crippen LogP contribution in [0.25, 0.3) is 5.57 Å². The van der Waals surface area contributed by atoms with Crippen LogP contribution in [0.15, 0.2) is 28.0 Å². The summed E-state index contributed by atoms with van der Waals surface area (Å²) in [6.07, 6.45) is 6.62. The minimum Gasteiger partial charge on any atom is -0.387 e. The molecule has 0 fully saturated rings. The van der Waals surface area contributed by atoms with Crippen LogP contribution in [0.4, 0.5) is 0 Å². The molecule has 0 saturated heterocycles. The number of aliphatic hydroxyl groups is 1. The molecule has 1 aromatic rings. The fraction of sp³-hybridized carbons (Fsp3) is 0.364. The van der Waals surface area contributed by atoms with E-state index in [0.29, 0.717) is 10.7 Å². The van der Waals surface area contributed by atoms with Gasteiger partial charge in [0.05, 0.1) is 6.10 Å². The second-order valence-electron chi connectivity index (χ2n) is 3.56. The van der Waals surface area contributed by atoms with Crippen molar-refractivity contribution in [2.75, 3.05) is 0 Å². The maximum absolute atomic E-state index is 9.50. The van der Waals surface area contributed by atoms with E-state index in [0.717, 1.165) is 24.0 Å². The maximum atomic E-state index is 9.50. The van der Waals surface area contributed by atoms with E-state index in [1.807, 2.05) is 12.2 Å². The molecule has 1 aromatic heterocycles. The van der Waals surface area contributed by atoms with Crippen LogP contribution in [0.5, 0.6) is 0 Å². The molecule has 2 rings (SSSR count). The molecule has 80 valence electrons. The minimum atomic E-state index is -0.637. The number of allylic oxidation sites excluding steroid dienone is 4. The molecule has 1 atom stereocenters. The lowest BCUT2D eigenvalue weighted by molar-refractivity contribution is 0.187. The molecular formula is C11H12ClNO2. The lowest BCUT2D eigenvalue weighted by atomic mass is 9.96. The van der Waals surface area contributed by atoms with Gasteiger partial charge in [-0.3, -0.25) is 0 Å². The number of hydrogen-bond donors (Lipinski definition) is 1. The molecule has 0 saturated carbocycles. The van der Waals surface area contributed by atoms with E-state index in [1.54, 1.807) is 13.2 Å². The van der Waals surface area contributed by atoms with Gasteiger partial charge in [-0.25, -0.2) is 0 Å². The molecule has 1 aliphatic rings. The fourth-order valence-corrected chi connectivity index (χ4v) is 1.96. The highest BCUT2D eigenvalue weighted by atomic mass is 35.5. The second-order valence-corrected chi connectivity index (χ2v) is 3.96. The Balaban J connectivity index is 2.45. The maximum Gasteiger partial charge on any atom is 0.131 e. The number of aromatic nitrogens is 1.